The van der Waals surface area contributed by atoms with E-state index in [1.807, 2.05) is 50.2 Å². The van der Waals surface area contributed by atoms with E-state index in [-0.39, 0.29) is 5.92 Å². The van der Waals surface area contributed by atoms with E-state index in [0.717, 1.165) is 56.1 Å². The molecule has 4 rings (SSSR count). The SMILES string of the molecule is CCc1ccc(N(CC(C)C)S(=O)(=O)c2ccc3c(c2)CN=C3CN2CCOCC2)cc1. The van der Waals surface area contributed by atoms with Gasteiger partial charge in [0.05, 0.1) is 36.1 Å². The minimum Gasteiger partial charge on any atom is -0.379 e. The van der Waals surface area contributed by atoms with Crippen molar-refractivity contribution in [2.75, 3.05) is 43.7 Å². The summed E-state index contributed by atoms with van der Waals surface area (Å²) in [5.41, 5.74) is 5.00. The van der Waals surface area contributed by atoms with Gasteiger partial charge in [-0.2, -0.15) is 0 Å². The van der Waals surface area contributed by atoms with E-state index in [1.165, 1.54) is 5.56 Å². The number of hydrogen-bond acceptors (Lipinski definition) is 5. The van der Waals surface area contributed by atoms with E-state index in [1.54, 1.807) is 10.4 Å². The van der Waals surface area contributed by atoms with Gasteiger partial charge in [0.2, 0.25) is 0 Å². The number of aliphatic imine (C=N–C) groups is 1. The molecule has 2 aliphatic rings. The predicted octanol–water partition coefficient (Wildman–Crippen LogP) is 3.74. The molecule has 0 radical (unpaired) electrons. The number of sulfonamides is 1. The van der Waals surface area contributed by atoms with Crippen LogP contribution < -0.4 is 4.31 Å². The van der Waals surface area contributed by atoms with E-state index in [4.69, 9.17) is 9.73 Å². The Hall–Kier alpha value is -2.22. The summed E-state index contributed by atoms with van der Waals surface area (Å²) in [6.45, 7) is 11.2. The molecule has 0 bridgehead atoms. The summed E-state index contributed by atoms with van der Waals surface area (Å²) >= 11 is 0. The largest absolute Gasteiger partial charge is 0.379 e. The second kappa shape index (κ2) is 9.73. The van der Waals surface area contributed by atoms with Crippen LogP contribution in [0.15, 0.2) is 52.4 Å². The van der Waals surface area contributed by atoms with E-state index < -0.39 is 10.0 Å². The maximum Gasteiger partial charge on any atom is 0.264 e. The van der Waals surface area contributed by atoms with Gasteiger partial charge in [0, 0.05) is 31.7 Å². The van der Waals surface area contributed by atoms with Crippen LogP contribution in [0.3, 0.4) is 0 Å². The number of ether oxygens (including phenoxy) is 1. The first kappa shape index (κ1) is 23.0. The molecular formula is C25H33N3O3S. The molecule has 0 unspecified atom stereocenters. The Morgan fingerprint density at radius 2 is 1.81 bits per heavy atom. The molecule has 2 heterocycles. The van der Waals surface area contributed by atoms with Crippen LogP contribution in [0.2, 0.25) is 0 Å². The molecule has 1 fully saturated rings. The number of aryl methyl sites for hydroxylation is 1. The Labute approximate surface area is 192 Å². The van der Waals surface area contributed by atoms with Crippen molar-refractivity contribution < 1.29 is 13.2 Å². The summed E-state index contributed by atoms with van der Waals surface area (Å²) in [4.78, 5) is 7.39. The van der Waals surface area contributed by atoms with Crippen molar-refractivity contribution in [1.82, 2.24) is 4.90 Å². The standard InChI is InChI=1S/C25H33N3O3S/c1-4-20-5-7-22(8-6-20)28(17-19(2)3)32(29,30)23-9-10-24-21(15-23)16-26-25(24)18-27-11-13-31-14-12-27/h5-10,15,19H,4,11-14,16-18H2,1-3H3. The molecule has 2 aromatic rings. The molecule has 172 valence electrons. The molecule has 0 aliphatic carbocycles. The van der Waals surface area contributed by atoms with Gasteiger partial charge >= 0.3 is 0 Å². The highest BCUT2D eigenvalue weighted by Gasteiger charge is 2.28. The number of fused-ring (bicyclic) bond motifs is 1. The van der Waals surface area contributed by atoms with Crippen molar-refractivity contribution in [3.63, 3.8) is 0 Å². The lowest BCUT2D eigenvalue weighted by atomic mass is 10.1. The van der Waals surface area contributed by atoms with Crippen molar-refractivity contribution in [3.05, 3.63) is 59.2 Å². The molecule has 32 heavy (non-hydrogen) atoms. The lowest BCUT2D eigenvalue weighted by Gasteiger charge is -2.27. The average molecular weight is 456 g/mol. The number of rotatable bonds is 8. The van der Waals surface area contributed by atoms with E-state index in [0.29, 0.717) is 23.7 Å². The van der Waals surface area contributed by atoms with E-state index in [9.17, 15) is 8.42 Å². The summed E-state index contributed by atoms with van der Waals surface area (Å²) in [7, 11) is -3.68. The minimum absolute atomic E-state index is 0.202. The molecule has 2 aromatic carbocycles. The van der Waals surface area contributed by atoms with Crippen LogP contribution in [-0.2, 0) is 27.7 Å². The molecule has 1 saturated heterocycles. The van der Waals surface area contributed by atoms with Gasteiger partial charge in [-0.1, -0.05) is 39.0 Å². The van der Waals surface area contributed by atoms with Crippen molar-refractivity contribution in [3.8, 4) is 0 Å². The smallest absolute Gasteiger partial charge is 0.264 e. The van der Waals surface area contributed by atoms with Crippen LogP contribution in [0.5, 0.6) is 0 Å². The van der Waals surface area contributed by atoms with Crippen molar-refractivity contribution in [1.29, 1.82) is 0 Å². The van der Waals surface area contributed by atoms with Gasteiger partial charge in [0.15, 0.2) is 0 Å². The van der Waals surface area contributed by atoms with E-state index >= 15 is 0 Å². The van der Waals surface area contributed by atoms with Gasteiger partial charge in [0.1, 0.15) is 0 Å². The normalized spacial score (nSPS) is 16.8. The second-order valence-corrected chi connectivity index (χ2v) is 10.8. The zero-order valence-electron chi connectivity index (χ0n) is 19.3. The topological polar surface area (TPSA) is 62.2 Å². The zero-order valence-corrected chi connectivity index (χ0v) is 20.1. The Balaban J connectivity index is 1.59. The molecule has 0 atom stereocenters. The Morgan fingerprint density at radius 3 is 2.47 bits per heavy atom. The van der Waals surface area contributed by atoms with Gasteiger partial charge in [-0.3, -0.25) is 14.2 Å². The fourth-order valence-corrected chi connectivity index (χ4v) is 5.89. The van der Waals surface area contributed by atoms with Gasteiger partial charge in [0.25, 0.3) is 10.0 Å². The fraction of sp³-hybridized carbons (Fsp3) is 0.480. The highest BCUT2D eigenvalue weighted by atomic mass is 32.2. The van der Waals surface area contributed by atoms with E-state index in [2.05, 4.69) is 11.8 Å². The number of anilines is 1. The lowest BCUT2D eigenvalue weighted by Crippen LogP contribution is -2.39. The second-order valence-electron chi connectivity index (χ2n) is 8.92. The first-order chi connectivity index (χ1) is 15.4. The van der Waals surface area contributed by atoms with Gasteiger partial charge in [-0.05, 0) is 47.7 Å². The fourth-order valence-electron chi connectivity index (χ4n) is 4.21. The summed E-state index contributed by atoms with van der Waals surface area (Å²) < 4.78 is 34.4. The van der Waals surface area contributed by atoms with Crippen LogP contribution in [0.1, 0.15) is 37.5 Å². The molecule has 2 aliphatic heterocycles. The Bertz CT molecular complexity index is 1070. The van der Waals surface area contributed by atoms with Crippen LogP contribution in [0.25, 0.3) is 0 Å². The highest BCUT2D eigenvalue weighted by Crippen LogP contribution is 2.29. The number of benzene rings is 2. The van der Waals surface area contributed by atoms with Crippen LogP contribution in [0, 0.1) is 5.92 Å². The third-order valence-electron chi connectivity index (χ3n) is 6.06. The van der Waals surface area contributed by atoms with Crippen molar-refractivity contribution in [2.45, 2.75) is 38.6 Å². The maximum atomic E-state index is 13.7. The third kappa shape index (κ3) is 4.90. The molecule has 0 spiro atoms. The van der Waals surface area contributed by atoms with Crippen LogP contribution in [-0.4, -0.2) is 58.4 Å². The van der Waals surface area contributed by atoms with Crippen LogP contribution >= 0.6 is 0 Å². The summed E-state index contributed by atoms with van der Waals surface area (Å²) in [5.74, 6) is 0.202. The molecule has 0 aromatic heterocycles. The number of hydrogen-bond donors (Lipinski definition) is 0. The number of nitrogens with zero attached hydrogens (tertiary/aromatic N) is 3. The van der Waals surface area contributed by atoms with Crippen molar-refractivity contribution in [2.24, 2.45) is 10.9 Å². The molecule has 6 nitrogen and oxygen atoms in total. The first-order valence-corrected chi connectivity index (χ1v) is 12.9. The molecular weight excluding hydrogens is 422 g/mol. The Kier molecular flexibility index (Phi) is 6.98. The molecule has 0 N–H and O–H groups in total. The Morgan fingerprint density at radius 1 is 1.09 bits per heavy atom. The quantitative estimate of drug-likeness (QED) is 0.608. The predicted molar refractivity (Wildman–Crippen MR) is 129 cm³/mol. The monoisotopic (exact) mass is 455 g/mol. The third-order valence-corrected chi connectivity index (χ3v) is 7.85. The first-order valence-electron chi connectivity index (χ1n) is 11.5. The average Bonchev–Trinajstić information content (AvgIpc) is 3.20. The highest BCUT2D eigenvalue weighted by molar-refractivity contribution is 7.92. The summed E-state index contributed by atoms with van der Waals surface area (Å²) in [6, 6.07) is 13.3. The summed E-state index contributed by atoms with van der Waals surface area (Å²) in [5, 5.41) is 0. The summed E-state index contributed by atoms with van der Waals surface area (Å²) in [6.07, 6.45) is 0.925. The zero-order chi connectivity index (χ0) is 22.7. The van der Waals surface area contributed by atoms with Gasteiger partial charge in [-0.25, -0.2) is 8.42 Å². The van der Waals surface area contributed by atoms with Gasteiger partial charge in [-0.15, -0.1) is 0 Å². The van der Waals surface area contributed by atoms with Crippen LogP contribution in [0.4, 0.5) is 5.69 Å². The van der Waals surface area contributed by atoms with Crippen molar-refractivity contribution >= 4 is 21.4 Å². The number of morpholine rings is 1. The maximum absolute atomic E-state index is 13.7. The molecule has 0 amide bonds. The molecule has 0 saturated carbocycles. The lowest BCUT2D eigenvalue weighted by molar-refractivity contribution is 0.0453. The molecule has 7 heteroatoms. The minimum atomic E-state index is -3.68. The van der Waals surface area contributed by atoms with Gasteiger partial charge < -0.3 is 4.74 Å².